The molecule has 1 fully saturated rings. The Balaban J connectivity index is 1.39. The Morgan fingerprint density at radius 3 is 2.91 bits per heavy atom. The monoisotopic (exact) mass is 314 g/mol. The van der Waals surface area contributed by atoms with Crippen molar-refractivity contribution < 1.29 is 4.79 Å². The second-order valence-corrected chi connectivity index (χ2v) is 5.94. The summed E-state index contributed by atoms with van der Waals surface area (Å²) in [6.45, 7) is 5.13. The molecule has 1 aliphatic rings. The molecule has 7 nitrogen and oxygen atoms in total. The van der Waals surface area contributed by atoms with Crippen molar-refractivity contribution in [1.29, 1.82) is 0 Å². The molecule has 7 heteroatoms. The van der Waals surface area contributed by atoms with Gasteiger partial charge in [-0.1, -0.05) is 18.2 Å². The van der Waals surface area contributed by atoms with Crippen LogP contribution in [-0.2, 0) is 11.3 Å². The Kier molecular flexibility index (Phi) is 4.85. The molecule has 2 heterocycles. The molecule has 0 unspecified atom stereocenters. The van der Waals surface area contributed by atoms with Gasteiger partial charge < -0.3 is 10.2 Å². The lowest BCUT2D eigenvalue weighted by Gasteiger charge is -2.18. The van der Waals surface area contributed by atoms with Crippen molar-refractivity contribution in [2.45, 2.75) is 26.3 Å². The van der Waals surface area contributed by atoms with E-state index in [-0.39, 0.29) is 5.91 Å². The lowest BCUT2D eigenvalue weighted by molar-refractivity contribution is -0.121. The van der Waals surface area contributed by atoms with Gasteiger partial charge >= 0.3 is 0 Å². The number of anilines is 1. The van der Waals surface area contributed by atoms with Crippen molar-refractivity contribution >= 4 is 11.6 Å². The van der Waals surface area contributed by atoms with Crippen LogP contribution in [0, 0.1) is 12.8 Å². The second kappa shape index (κ2) is 7.21. The first-order valence-electron chi connectivity index (χ1n) is 8.02. The SMILES string of the molecule is Cc1nnnn1CCC(=O)NC[C@H]1CCN(c2ccccc2)C1. The highest BCUT2D eigenvalue weighted by Gasteiger charge is 2.22. The predicted molar refractivity (Wildman–Crippen MR) is 86.9 cm³/mol. The number of nitrogens with zero attached hydrogens (tertiary/aromatic N) is 5. The van der Waals surface area contributed by atoms with E-state index in [1.807, 2.05) is 13.0 Å². The molecule has 3 rings (SSSR count). The van der Waals surface area contributed by atoms with E-state index in [9.17, 15) is 4.79 Å². The van der Waals surface area contributed by atoms with Crippen molar-refractivity contribution in [3.63, 3.8) is 0 Å². The molecular weight excluding hydrogens is 292 g/mol. The fourth-order valence-corrected chi connectivity index (χ4v) is 2.88. The van der Waals surface area contributed by atoms with E-state index in [4.69, 9.17) is 0 Å². The summed E-state index contributed by atoms with van der Waals surface area (Å²) < 4.78 is 1.65. The number of aryl methyl sites for hydroxylation is 2. The van der Waals surface area contributed by atoms with E-state index in [1.165, 1.54) is 5.69 Å². The van der Waals surface area contributed by atoms with Gasteiger partial charge in [-0.25, -0.2) is 4.68 Å². The average Bonchev–Trinajstić information content (AvgIpc) is 3.21. The molecule has 1 saturated heterocycles. The molecule has 23 heavy (non-hydrogen) atoms. The van der Waals surface area contributed by atoms with Crippen LogP contribution >= 0.6 is 0 Å². The van der Waals surface area contributed by atoms with Crippen LogP contribution in [-0.4, -0.2) is 45.7 Å². The average molecular weight is 314 g/mol. The lowest BCUT2D eigenvalue weighted by atomic mass is 10.1. The van der Waals surface area contributed by atoms with Gasteiger partial charge in [0.2, 0.25) is 5.91 Å². The van der Waals surface area contributed by atoms with Gasteiger partial charge in [0.05, 0.1) is 6.54 Å². The zero-order valence-corrected chi connectivity index (χ0v) is 13.4. The van der Waals surface area contributed by atoms with E-state index in [0.29, 0.717) is 18.9 Å². The maximum atomic E-state index is 12.0. The second-order valence-electron chi connectivity index (χ2n) is 5.94. The standard InChI is InChI=1S/C16H22N6O/c1-13-18-19-20-22(13)10-8-16(23)17-11-14-7-9-21(12-14)15-5-3-2-4-6-15/h2-6,14H,7-12H2,1H3,(H,17,23)/t14-/m1/s1. The quantitative estimate of drug-likeness (QED) is 0.861. The zero-order valence-electron chi connectivity index (χ0n) is 13.4. The number of amides is 1. The minimum Gasteiger partial charge on any atom is -0.371 e. The number of para-hydroxylation sites is 1. The van der Waals surface area contributed by atoms with Crippen molar-refractivity contribution in [2.75, 3.05) is 24.5 Å². The number of tetrazole rings is 1. The number of hydrogen-bond donors (Lipinski definition) is 1. The van der Waals surface area contributed by atoms with E-state index in [1.54, 1.807) is 4.68 Å². The third-order valence-corrected chi connectivity index (χ3v) is 4.26. The summed E-state index contributed by atoms with van der Waals surface area (Å²) in [5.74, 6) is 1.29. The molecular formula is C16H22N6O. The molecule has 2 aromatic rings. The molecule has 1 atom stereocenters. The molecule has 0 radical (unpaired) electrons. The Hall–Kier alpha value is -2.44. The van der Waals surface area contributed by atoms with Crippen LogP contribution in [0.15, 0.2) is 30.3 Å². The Labute approximate surface area is 135 Å². The summed E-state index contributed by atoms with van der Waals surface area (Å²) in [7, 11) is 0. The Bertz CT molecular complexity index is 641. The molecule has 1 aliphatic heterocycles. The van der Waals surface area contributed by atoms with Crippen molar-refractivity contribution in [3.05, 3.63) is 36.2 Å². The van der Waals surface area contributed by atoms with Crippen molar-refractivity contribution in [2.24, 2.45) is 5.92 Å². The molecule has 1 aromatic heterocycles. The number of aromatic nitrogens is 4. The van der Waals surface area contributed by atoms with Gasteiger partial charge in [-0.15, -0.1) is 5.10 Å². The molecule has 1 amide bonds. The summed E-state index contributed by atoms with van der Waals surface area (Å²) in [5.41, 5.74) is 1.26. The maximum Gasteiger partial charge on any atom is 0.221 e. The summed E-state index contributed by atoms with van der Waals surface area (Å²) in [5, 5.41) is 14.2. The summed E-state index contributed by atoms with van der Waals surface area (Å²) in [4.78, 5) is 14.3. The fraction of sp³-hybridized carbons (Fsp3) is 0.500. The van der Waals surface area contributed by atoms with Crippen molar-refractivity contribution in [3.8, 4) is 0 Å². The highest BCUT2D eigenvalue weighted by molar-refractivity contribution is 5.75. The summed E-state index contributed by atoms with van der Waals surface area (Å²) in [6, 6.07) is 10.4. The van der Waals surface area contributed by atoms with Crippen LogP contribution in [0.3, 0.4) is 0 Å². The first-order valence-corrected chi connectivity index (χ1v) is 8.02. The fourth-order valence-electron chi connectivity index (χ4n) is 2.88. The summed E-state index contributed by atoms with van der Waals surface area (Å²) >= 11 is 0. The van der Waals surface area contributed by atoms with Gasteiger partial charge in [0.1, 0.15) is 5.82 Å². The zero-order chi connectivity index (χ0) is 16.1. The van der Waals surface area contributed by atoms with E-state index < -0.39 is 0 Å². The van der Waals surface area contributed by atoms with Crippen LogP contribution in [0.5, 0.6) is 0 Å². The lowest BCUT2D eigenvalue weighted by Crippen LogP contribution is -2.31. The van der Waals surface area contributed by atoms with Crippen LogP contribution in [0.1, 0.15) is 18.7 Å². The summed E-state index contributed by atoms with van der Waals surface area (Å²) in [6.07, 6.45) is 1.52. The third kappa shape index (κ3) is 4.06. The number of rotatable bonds is 6. The normalized spacial score (nSPS) is 17.4. The maximum absolute atomic E-state index is 12.0. The largest absolute Gasteiger partial charge is 0.371 e. The Morgan fingerprint density at radius 2 is 2.17 bits per heavy atom. The number of hydrogen-bond acceptors (Lipinski definition) is 5. The van der Waals surface area contributed by atoms with E-state index in [2.05, 4.69) is 50.0 Å². The topological polar surface area (TPSA) is 75.9 Å². The minimum atomic E-state index is 0.0538. The first kappa shape index (κ1) is 15.5. The number of nitrogens with one attached hydrogen (secondary N) is 1. The first-order chi connectivity index (χ1) is 11.2. The molecule has 1 aromatic carbocycles. The van der Waals surface area contributed by atoms with Crippen LogP contribution in [0.4, 0.5) is 5.69 Å². The van der Waals surface area contributed by atoms with Crippen molar-refractivity contribution in [1.82, 2.24) is 25.5 Å². The minimum absolute atomic E-state index is 0.0538. The number of benzene rings is 1. The predicted octanol–water partition coefficient (Wildman–Crippen LogP) is 1.01. The van der Waals surface area contributed by atoms with Crippen LogP contribution < -0.4 is 10.2 Å². The number of carbonyl (C=O) groups is 1. The van der Waals surface area contributed by atoms with Gasteiger partial charge in [0.15, 0.2) is 0 Å². The smallest absolute Gasteiger partial charge is 0.221 e. The van der Waals surface area contributed by atoms with Crippen LogP contribution in [0.2, 0.25) is 0 Å². The molecule has 0 bridgehead atoms. The van der Waals surface area contributed by atoms with Gasteiger partial charge in [-0.2, -0.15) is 0 Å². The van der Waals surface area contributed by atoms with Gasteiger partial charge in [-0.05, 0) is 41.8 Å². The van der Waals surface area contributed by atoms with Crippen LogP contribution in [0.25, 0.3) is 0 Å². The highest BCUT2D eigenvalue weighted by atomic mass is 16.1. The number of carbonyl (C=O) groups excluding carboxylic acids is 1. The molecule has 0 saturated carbocycles. The molecule has 122 valence electrons. The molecule has 1 N–H and O–H groups in total. The van der Waals surface area contributed by atoms with E-state index in [0.717, 1.165) is 31.9 Å². The molecule has 0 spiro atoms. The molecule has 0 aliphatic carbocycles. The van der Waals surface area contributed by atoms with E-state index >= 15 is 0 Å². The van der Waals surface area contributed by atoms with Gasteiger partial charge in [0, 0.05) is 31.7 Å². The van der Waals surface area contributed by atoms with Gasteiger partial charge in [0.25, 0.3) is 0 Å². The van der Waals surface area contributed by atoms with Gasteiger partial charge in [-0.3, -0.25) is 4.79 Å². The highest BCUT2D eigenvalue weighted by Crippen LogP contribution is 2.22. The Morgan fingerprint density at radius 1 is 1.35 bits per heavy atom. The third-order valence-electron chi connectivity index (χ3n) is 4.26.